The lowest BCUT2D eigenvalue weighted by Crippen LogP contribution is -2.38. The third-order valence-corrected chi connectivity index (χ3v) is 3.24. The van der Waals surface area contributed by atoms with Crippen LogP contribution in [-0.4, -0.2) is 24.6 Å². The molecule has 3 nitrogen and oxygen atoms in total. The molecule has 0 bridgehead atoms. The first-order valence-corrected chi connectivity index (χ1v) is 5.73. The molecular formula is C11H16ClN3. The van der Waals surface area contributed by atoms with E-state index in [1.165, 1.54) is 12.8 Å². The summed E-state index contributed by atoms with van der Waals surface area (Å²) in [6.07, 6.45) is 5.91. The molecule has 0 aliphatic carbocycles. The van der Waals surface area contributed by atoms with E-state index in [0.29, 0.717) is 5.92 Å². The zero-order valence-corrected chi connectivity index (χ0v) is 9.45. The van der Waals surface area contributed by atoms with Crippen molar-refractivity contribution in [2.45, 2.75) is 12.8 Å². The zero-order valence-electron chi connectivity index (χ0n) is 8.69. The van der Waals surface area contributed by atoms with Gasteiger partial charge in [-0.3, -0.25) is 4.98 Å². The fourth-order valence-corrected chi connectivity index (χ4v) is 2.34. The van der Waals surface area contributed by atoms with E-state index < -0.39 is 0 Å². The first kappa shape index (κ1) is 10.7. The van der Waals surface area contributed by atoms with Crippen molar-refractivity contribution in [3.05, 3.63) is 23.5 Å². The lowest BCUT2D eigenvalue weighted by Gasteiger charge is -2.34. The Balaban J connectivity index is 2.13. The Morgan fingerprint density at radius 1 is 1.60 bits per heavy atom. The lowest BCUT2D eigenvalue weighted by molar-refractivity contribution is 0.423. The average molecular weight is 226 g/mol. The number of hydrogen-bond donors (Lipinski definition) is 1. The Morgan fingerprint density at radius 3 is 3.20 bits per heavy atom. The average Bonchev–Trinajstić information content (AvgIpc) is 2.30. The van der Waals surface area contributed by atoms with E-state index in [-0.39, 0.29) is 0 Å². The quantitative estimate of drug-likeness (QED) is 0.836. The highest BCUT2D eigenvalue weighted by atomic mass is 35.5. The minimum Gasteiger partial charge on any atom is -0.370 e. The van der Waals surface area contributed by atoms with Gasteiger partial charge < -0.3 is 10.6 Å². The predicted molar refractivity (Wildman–Crippen MR) is 63.2 cm³/mol. The Labute approximate surface area is 95.2 Å². The lowest BCUT2D eigenvalue weighted by atomic mass is 9.98. The minimum atomic E-state index is 0.600. The fourth-order valence-electron chi connectivity index (χ4n) is 2.10. The molecule has 1 aromatic heterocycles. The molecule has 1 atom stereocenters. The molecule has 15 heavy (non-hydrogen) atoms. The highest BCUT2D eigenvalue weighted by Gasteiger charge is 2.20. The summed E-state index contributed by atoms with van der Waals surface area (Å²) in [5.41, 5.74) is 6.80. The maximum Gasteiger partial charge on any atom is 0.0822 e. The van der Waals surface area contributed by atoms with Crippen LogP contribution < -0.4 is 10.6 Å². The number of aromatic nitrogens is 1. The van der Waals surface area contributed by atoms with Crippen LogP contribution >= 0.6 is 11.6 Å². The van der Waals surface area contributed by atoms with Crippen LogP contribution in [0.3, 0.4) is 0 Å². The van der Waals surface area contributed by atoms with Crippen LogP contribution in [0.25, 0.3) is 0 Å². The first-order chi connectivity index (χ1) is 7.31. The van der Waals surface area contributed by atoms with E-state index in [9.17, 15) is 0 Å². The van der Waals surface area contributed by atoms with Crippen molar-refractivity contribution in [3.8, 4) is 0 Å². The molecule has 4 heteroatoms. The Morgan fingerprint density at radius 2 is 2.47 bits per heavy atom. The number of rotatable bonds is 2. The van der Waals surface area contributed by atoms with E-state index in [4.69, 9.17) is 17.3 Å². The van der Waals surface area contributed by atoms with Gasteiger partial charge in [0.1, 0.15) is 0 Å². The molecule has 1 aliphatic heterocycles. The SMILES string of the molecule is NCC1CCCN(c2ccncc2Cl)C1. The van der Waals surface area contributed by atoms with Crippen molar-refractivity contribution < 1.29 is 0 Å². The van der Waals surface area contributed by atoms with Gasteiger partial charge in [0.2, 0.25) is 0 Å². The summed E-state index contributed by atoms with van der Waals surface area (Å²) in [7, 11) is 0. The molecule has 2 N–H and O–H groups in total. The molecule has 0 saturated carbocycles. The molecule has 1 unspecified atom stereocenters. The van der Waals surface area contributed by atoms with Crippen LogP contribution in [0.2, 0.25) is 5.02 Å². The van der Waals surface area contributed by atoms with Crippen LogP contribution in [0.4, 0.5) is 5.69 Å². The fraction of sp³-hybridized carbons (Fsp3) is 0.545. The highest BCUT2D eigenvalue weighted by Crippen LogP contribution is 2.28. The molecule has 0 spiro atoms. The van der Waals surface area contributed by atoms with Crippen LogP contribution in [-0.2, 0) is 0 Å². The predicted octanol–water partition coefficient (Wildman–Crippen LogP) is 1.91. The standard InChI is InChI=1S/C11H16ClN3/c12-10-7-14-4-3-11(10)15-5-1-2-9(6-13)8-15/h3-4,7,9H,1-2,5-6,8,13H2. The molecule has 0 aromatic carbocycles. The van der Waals surface area contributed by atoms with Gasteiger partial charge in [-0.25, -0.2) is 0 Å². The van der Waals surface area contributed by atoms with E-state index in [1.54, 1.807) is 12.4 Å². The van der Waals surface area contributed by atoms with Gasteiger partial charge in [0.15, 0.2) is 0 Å². The van der Waals surface area contributed by atoms with Gasteiger partial charge in [-0.2, -0.15) is 0 Å². The first-order valence-electron chi connectivity index (χ1n) is 5.36. The summed E-state index contributed by atoms with van der Waals surface area (Å²) < 4.78 is 0. The maximum absolute atomic E-state index is 6.11. The Bertz CT molecular complexity index is 329. The molecule has 1 fully saturated rings. The topological polar surface area (TPSA) is 42.1 Å². The van der Waals surface area contributed by atoms with E-state index in [2.05, 4.69) is 9.88 Å². The van der Waals surface area contributed by atoms with Gasteiger partial charge in [-0.05, 0) is 31.4 Å². The number of hydrogen-bond acceptors (Lipinski definition) is 3. The molecule has 82 valence electrons. The monoisotopic (exact) mass is 225 g/mol. The summed E-state index contributed by atoms with van der Waals surface area (Å²) in [6, 6.07) is 1.97. The molecule has 0 radical (unpaired) electrons. The molecule has 0 amide bonds. The molecule has 1 saturated heterocycles. The van der Waals surface area contributed by atoms with Gasteiger partial charge in [-0.1, -0.05) is 11.6 Å². The number of halogens is 1. The summed E-state index contributed by atoms with van der Waals surface area (Å²) in [5.74, 6) is 0.600. The maximum atomic E-state index is 6.11. The van der Waals surface area contributed by atoms with Crippen LogP contribution in [0.1, 0.15) is 12.8 Å². The van der Waals surface area contributed by atoms with Crippen LogP contribution in [0.5, 0.6) is 0 Å². The minimum absolute atomic E-state index is 0.600. The van der Waals surface area contributed by atoms with Gasteiger partial charge >= 0.3 is 0 Å². The smallest absolute Gasteiger partial charge is 0.0822 e. The second-order valence-electron chi connectivity index (χ2n) is 4.02. The van der Waals surface area contributed by atoms with Crippen molar-refractivity contribution in [2.24, 2.45) is 11.7 Å². The van der Waals surface area contributed by atoms with E-state index in [1.807, 2.05) is 6.07 Å². The summed E-state index contributed by atoms with van der Waals surface area (Å²) in [6.45, 7) is 2.85. The van der Waals surface area contributed by atoms with E-state index >= 15 is 0 Å². The third-order valence-electron chi connectivity index (χ3n) is 2.94. The molecular weight excluding hydrogens is 210 g/mol. The normalized spacial score (nSPS) is 21.7. The van der Waals surface area contributed by atoms with Gasteiger partial charge in [0.25, 0.3) is 0 Å². The Hall–Kier alpha value is -0.800. The number of nitrogens with zero attached hydrogens (tertiary/aromatic N) is 2. The van der Waals surface area contributed by atoms with Crippen LogP contribution in [0.15, 0.2) is 18.5 Å². The van der Waals surface area contributed by atoms with Gasteiger partial charge in [0, 0.05) is 25.5 Å². The van der Waals surface area contributed by atoms with Crippen molar-refractivity contribution in [1.82, 2.24) is 4.98 Å². The van der Waals surface area contributed by atoms with Crippen LogP contribution in [0, 0.1) is 5.92 Å². The summed E-state index contributed by atoms with van der Waals surface area (Å²) in [5, 5.41) is 0.732. The summed E-state index contributed by atoms with van der Waals surface area (Å²) >= 11 is 6.11. The second kappa shape index (κ2) is 4.81. The number of pyridine rings is 1. The highest BCUT2D eigenvalue weighted by molar-refractivity contribution is 6.33. The Kier molecular flexibility index (Phi) is 3.44. The number of anilines is 1. The second-order valence-corrected chi connectivity index (χ2v) is 4.42. The third kappa shape index (κ3) is 2.41. The summed E-state index contributed by atoms with van der Waals surface area (Å²) in [4.78, 5) is 6.31. The van der Waals surface area contributed by atoms with Crippen molar-refractivity contribution in [1.29, 1.82) is 0 Å². The molecule has 1 aromatic rings. The van der Waals surface area contributed by atoms with Gasteiger partial charge in [0.05, 0.1) is 10.7 Å². The van der Waals surface area contributed by atoms with E-state index in [0.717, 1.165) is 30.3 Å². The number of piperidine rings is 1. The molecule has 2 rings (SSSR count). The number of nitrogens with two attached hydrogens (primary N) is 1. The molecule has 2 heterocycles. The largest absolute Gasteiger partial charge is 0.370 e. The van der Waals surface area contributed by atoms with Gasteiger partial charge in [-0.15, -0.1) is 0 Å². The van der Waals surface area contributed by atoms with Crippen molar-refractivity contribution in [2.75, 3.05) is 24.5 Å². The molecule has 1 aliphatic rings. The van der Waals surface area contributed by atoms with Crippen molar-refractivity contribution >= 4 is 17.3 Å². The van der Waals surface area contributed by atoms with Crippen molar-refractivity contribution in [3.63, 3.8) is 0 Å². The zero-order chi connectivity index (χ0) is 10.7.